The predicted octanol–water partition coefficient (Wildman–Crippen LogP) is 3.86. The molecule has 3 aromatic rings. The van der Waals surface area contributed by atoms with Gasteiger partial charge in [-0.15, -0.1) is 0 Å². The zero-order valence-electron chi connectivity index (χ0n) is 18.9. The number of anilines is 2. The van der Waals surface area contributed by atoms with Crippen LogP contribution in [0.3, 0.4) is 0 Å². The number of para-hydroxylation sites is 1. The van der Waals surface area contributed by atoms with Crippen LogP contribution in [-0.2, 0) is 22.7 Å². The summed E-state index contributed by atoms with van der Waals surface area (Å²) in [7, 11) is 4.02. The van der Waals surface area contributed by atoms with Gasteiger partial charge in [-0.25, -0.2) is 4.98 Å². The predicted molar refractivity (Wildman–Crippen MR) is 125 cm³/mol. The van der Waals surface area contributed by atoms with Crippen LogP contribution in [-0.4, -0.2) is 42.1 Å². The molecule has 1 fully saturated rings. The highest BCUT2D eigenvalue weighted by molar-refractivity contribution is 5.90. The molecule has 4 rings (SSSR count). The van der Waals surface area contributed by atoms with Crippen LogP contribution in [0.5, 0.6) is 0 Å². The molecule has 0 atom stereocenters. The number of nitrogens with zero attached hydrogens (tertiary/aromatic N) is 3. The maximum Gasteiger partial charge on any atom is 0.303 e. The normalized spacial score (nSPS) is 18.5. The first-order valence-electron chi connectivity index (χ1n) is 11.1. The average Bonchev–Trinajstić information content (AvgIpc) is 3.24. The van der Waals surface area contributed by atoms with Crippen molar-refractivity contribution in [2.75, 3.05) is 24.3 Å². The van der Waals surface area contributed by atoms with E-state index in [9.17, 15) is 4.79 Å². The molecule has 8 heteroatoms. The van der Waals surface area contributed by atoms with Crippen molar-refractivity contribution in [2.45, 2.75) is 57.8 Å². The van der Waals surface area contributed by atoms with E-state index in [1.54, 1.807) is 0 Å². The van der Waals surface area contributed by atoms with Gasteiger partial charge in [0.25, 0.3) is 0 Å². The van der Waals surface area contributed by atoms with E-state index in [2.05, 4.69) is 16.7 Å². The number of aromatic nitrogens is 2. The molecule has 0 aliphatic heterocycles. The van der Waals surface area contributed by atoms with Gasteiger partial charge < -0.3 is 24.7 Å². The lowest BCUT2D eigenvalue weighted by Gasteiger charge is -2.30. The number of esters is 1. The molecule has 1 saturated carbocycles. The van der Waals surface area contributed by atoms with Gasteiger partial charge in [0.05, 0.1) is 12.1 Å². The number of furan rings is 1. The maximum absolute atomic E-state index is 10.9. The Balaban J connectivity index is 1.28. The van der Waals surface area contributed by atoms with E-state index in [1.807, 2.05) is 49.3 Å². The smallest absolute Gasteiger partial charge is 0.303 e. The summed E-state index contributed by atoms with van der Waals surface area (Å²) in [6, 6.07) is 12.7. The van der Waals surface area contributed by atoms with Crippen LogP contribution < -0.4 is 15.5 Å². The number of carbonyl (C=O) groups is 1. The summed E-state index contributed by atoms with van der Waals surface area (Å²) in [5.41, 5.74) is 0.954. The summed E-state index contributed by atoms with van der Waals surface area (Å²) in [5.74, 6) is 2.84. The lowest BCUT2D eigenvalue weighted by molar-refractivity contribution is -0.142. The van der Waals surface area contributed by atoms with Crippen LogP contribution >= 0.6 is 0 Å². The summed E-state index contributed by atoms with van der Waals surface area (Å²) in [5, 5.41) is 8.19. The van der Waals surface area contributed by atoms with E-state index in [-0.39, 0.29) is 12.6 Å². The van der Waals surface area contributed by atoms with Crippen LogP contribution in [0.25, 0.3) is 10.9 Å². The molecule has 1 aliphatic carbocycles. The molecule has 0 radical (unpaired) electrons. The summed E-state index contributed by atoms with van der Waals surface area (Å²) in [6.45, 7) is 2.24. The minimum Gasteiger partial charge on any atom is -0.461 e. The second-order valence-corrected chi connectivity index (χ2v) is 8.50. The molecule has 0 bridgehead atoms. The second-order valence-electron chi connectivity index (χ2n) is 8.50. The van der Waals surface area contributed by atoms with Gasteiger partial charge >= 0.3 is 5.97 Å². The molecule has 0 amide bonds. The first kappa shape index (κ1) is 22.1. The van der Waals surface area contributed by atoms with Crippen LogP contribution in [0.4, 0.5) is 11.8 Å². The van der Waals surface area contributed by atoms with Gasteiger partial charge in [0.2, 0.25) is 5.95 Å². The molecule has 8 nitrogen and oxygen atoms in total. The van der Waals surface area contributed by atoms with Crippen molar-refractivity contribution in [1.82, 2.24) is 15.3 Å². The van der Waals surface area contributed by atoms with E-state index >= 15 is 0 Å². The summed E-state index contributed by atoms with van der Waals surface area (Å²) in [4.78, 5) is 22.4. The molecule has 170 valence electrons. The van der Waals surface area contributed by atoms with Crippen molar-refractivity contribution in [1.29, 1.82) is 0 Å². The van der Waals surface area contributed by atoms with Crippen LogP contribution in [0, 0.1) is 0 Å². The van der Waals surface area contributed by atoms with Crippen LogP contribution in [0.15, 0.2) is 40.8 Å². The van der Waals surface area contributed by atoms with Crippen molar-refractivity contribution < 1.29 is 13.9 Å². The van der Waals surface area contributed by atoms with Crippen molar-refractivity contribution in [2.24, 2.45) is 0 Å². The van der Waals surface area contributed by atoms with Crippen molar-refractivity contribution in [3.63, 3.8) is 0 Å². The summed E-state index contributed by atoms with van der Waals surface area (Å²) < 4.78 is 10.7. The highest BCUT2D eigenvalue weighted by atomic mass is 16.5. The molecule has 2 aromatic heterocycles. The van der Waals surface area contributed by atoms with Gasteiger partial charge in [-0.1, -0.05) is 12.1 Å². The maximum atomic E-state index is 10.9. The molecule has 2 N–H and O–H groups in total. The molecule has 0 spiro atoms. The number of hydrogen-bond acceptors (Lipinski definition) is 8. The Kier molecular flexibility index (Phi) is 6.90. The zero-order valence-corrected chi connectivity index (χ0v) is 18.9. The van der Waals surface area contributed by atoms with Gasteiger partial charge in [-0.3, -0.25) is 4.79 Å². The number of benzene rings is 1. The number of carbonyl (C=O) groups excluding carboxylic acids is 1. The molecule has 0 unspecified atom stereocenters. The number of fused-ring (bicyclic) bond motifs is 1. The number of nitrogens with one attached hydrogen (secondary N) is 2. The SMILES string of the molecule is CC(=O)OCc1ccc(CNC2CCC(Nc3nc(N(C)C)c4ccccc4n3)CC2)o1. The topological polar surface area (TPSA) is 92.5 Å². The Bertz CT molecular complexity index is 1060. The molecular formula is C24H31N5O3. The molecule has 1 aromatic carbocycles. The monoisotopic (exact) mass is 437 g/mol. The van der Waals surface area contributed by atoms with Gasteiger partial charge in [-0.05, 0) is 49.9 Å². The van der Waals surface area contributed by atoms with Crippen molar-refractivity contribution >= 4 is 28.6 Å². The van der Waals surface area contributed by atoms with E-state index in [0.29, 0.717) is 30.3 Å². The highest BCUT2D eigenvalue weighted by Crippen LogP contribution is 2.26. The van der Waals surface area contributed by atoms with Crippen molar-refractivity contribution in [3.8, 4) is 0 Å². The Labute approximate surface area is 188 Å². The minimum absolute atomic E-state index is 0.179. The van der Waals surface area contributed by atoms with E-state index in [0.717, 1.165) is 48.2 Å². The summed E-state index contributed by atoms with van der Waals surface area (Å²) in [6.07, 6.45) is 4.27. The van der Waals surface area contributed by atoms with Gasteiger partial charge in [0, 0.05) is 38.5 Å². The largest absolute Gasteiger partial charge is 0.461 e. The lowest BCUT2D eigenvalue weighted by Crippen LogP contribution is -2.36. The highest BCUT2D eigenvalue weighted by Gasteiger charge is 2.22. The molecule has 32 heavy (non-hydrogen) atoms. The number of rotatable bonds is 8. The fraction of sp³-hybridized carbons (Fsp3) is 0.458. The third-order valence-corrected chi connectivity index (χ3v) is 5.77. The zero-order chi connectivity index (χ0) is 22.5. The number of ether oxygens (including phenoxy) is 1. The Morgan fingerprint density at radius 3 is 2.53 bits per heavy atom. The quantitative estimate of drug-likeness (QED) is 0.513. The van der Waals surface area contributed by atoms with Crippen LogP contribution in [0.1, 0.15) is 44.1 Å². The van der Waals surface area contributed by atoms with Crippen LogP contribution in [0.2, 0.25) is 0 Å². The van der Waals surface area contributed by atoms with Gasteiger partial charge in [0.15, 0.2) is 0 Å². The van der Waals surface area contributed by atoms with Gasteiger partial charge in [0.1, 0.15) is 23.9 Å². The minimum atomic E-state index is -0.307. The molecule has 2 heterocycles. The molecule has 0 saturated heterocycles. The average molecular weight is 438 g/mol. The first-order valence-corrected chi connectivity index (χ1v) is 11.1. The van der Waals surface area contributed by atoms with Gasteiger partial charge in [-0.2, -0.15) is 4.98 Å². The third-order valence-electron chi connectivity index (χ3n) is 5.77. The standard InChI is InChI=1S/C24H31N5O3/c1-16(30)31-15-20-13-12-19(32-20)14-25-17-8-10-18(11-9-17)26-24-27-22-7-5-4-6-21(22)23(28-24)29(2)3/h4-7,12-13,17-18,25H,8-11,14-15H2,1-3H3,(H,26,27,28). The lowest BCUT2D eigenvalue weighted by atomic mass is 9.91. The third kappa shape index (κ3) is 5.56. The Hall–Kier alpha value is -3.13. The summed E-state index contributed by atoms with van der Waals surface area (Å²) >= 11 is 0. The van der Waals surface area contributed by atoms with E-state index in [1.165, 1.54) is 6.92 Å². The molecule has 1 aliphatic rings. The van der Waals surface area contributed by atoms with E-state index < -0.39 is 0 Å². The number of hydrogen-bond donors (Lipinski definition) is 2. The fourth-order valence-electron chi connectivity index (χ4n) is 4.10. The Morgan fingerprint density at radius 1 is 1.06 bits per heavy atom. The van der Waals surface area contributed by atoms with E-state index in [4.69, 9.17) is 19.1 Å². The Morgan fingerprint density at radius 2 is 1.78 bits per heavy atom. The second kappa shape index (κ2) is 9.99. The molecular weight excluding hydrogens is 406 g/mol. The first-order chi connectivity index (χ1) is 15.5. The fourth-order valence-corrected chi connectivity index (χ4v) is 4.10. The van der Waals surface area contributed by atoms with Crippen molar-refractivity contribution in [3.05, 3.63) is 47.9 Å².